The molecule has 11 heteroatoms. The summed E-state index contributed by atoms with van der Waals surface area (Å²) in [6.45, 7) is 1.69. The summed E-state index contributed by atoms with van der Waals surface area (Å²) in [5.74, 6) is 0.496. The maximum Gasteiger partial charge on any atom is 0.336 e. The van der Waals surface area contributed by atoms with Crippen LogP contribution in [0.3, 0.4) is 0 Å². The summed E-state index contributed by atoms with van der Waals surface area (Å²) in [6, 6.07) is 15.9. The number of anilines is 4. The van der Waals surface area contributed by atoms with Crippen LogP contribution in [0.1, 0.15) is 35.4 Å². The third kappa shape index (κ3) is 5.89. The number of rotatable bonds is 8. The van der Waals surface area contributed by atoms with Gasteiger partial charge in [-0.05, 0) is 61.7 Å². The van der Waals surface area contributed by atoms with Crippen molar-refractivity contribution in [2.45, 2.75) is 19.3 Å². The van der Waals surface area contributed by atoms with E-state index < -0.39 is 5.97 Å². The van der Waals surface area contributed by atoms with E-state index in [0.29, 0.717) is 34.7 Å². The third-order valence-corrected chi connectivity index (χ3v) is 5.77. The van der Waals surface area contributed by atoms with Gasteiger partial charge in [0.2, 0.25) is 17.8 Å². The Bertz CT molecular complexity index is 1420. The molecule has 2 aromatic heterocycles. The molecule has 0 unspecified atom stereocenters. The maximum absolute atomic E-state index is 13.3. The number of carboxylic acid groups (broad SMARTS) is 1. The Morgan fingerprint density at radius 2 is 1.73 bits per heavy atom. The van der Waals surface area contributed by atoms with Gasteiger partial charge in [0.15, 0.2) is 0 Å². The van der Waals surface area contributed by atoms with Gasteiger partial charge >= 0.3 is 5.97 Å². The zero-order valence-corrected chi connectivity index (χ0v) is 19.8. The second-order valence-corrected chi connectivity index (χ2v) is 8.38. The molecule has 1 fully saturated rings. The van der Waals surface area contributed by atoms with Crippen molar-refractivity contribution < 1.29 is 18.7 Å². The molecule has 0 amide bonds. The first kappa shape index (κ1) is 23.9. The van der Waals surface area contributed by atoms with Crippen molar-refractivity contribution in [2.75, 3.05) is 28.7 Å². The zero-order chi connectivity index (χ0) is 25.6. The number of hydrogen-bond donors (Lipinski definition) is 3. The minimum atomic E-state index is -1.03. The first-order valence-electron chi connectivity index (χ1n) is 11.8. The first-order valence-corrected chi connectivity index (χ1v) is 11.8. The van der Waals surface area contributed by atoms with Gasteiger partial charge < -0.3 is 19.7 Å². The zero-order valence-electron chi connectivity index (χ0n) is 19.8. The van der Waals surface area contributed by atoms with Gasteiger partial charge in [-0.25, -0.2) is 14.6 Å². The number of hydrogen-bond acceptors (Lipinski definition) is 9. The van der Waals surface area contributed by atoms with E-state index in [2.05, 4.69) is 35.7 Å². The molecular formula is C26H24FN7O3. The molecule has 0 saturated carbocycles. The Hall–Kier alpha value is -4.80. The number of halogens is 1. The van der Waals surface area contributed by atoms with Crippen LogP contribution in [0.2, 0.25) is 0 Å². The number of aromatic carboxylic acids is 1. The molecule has 3 N–H and O–H groups in total. The molecular weight excluding hydrogens is 477 g/mol. The molecule has 188 valence electrons. The van der Waals surface area contributed by atoms with Gasteiger partial charge in [0, 0.05) is 24.3 Å². The van der Waals surface area contributed by atoms with Crippen molar-refractivity contribution in [3.05, 3.63) is 77.8 Å². The topological polar surface area (TPSA) is 129 Å². The summed E-state index contributed by atoms with van der Waals surface area (Å²) in [5, 5.41) is 16.7. The lowest BCUT2D eigenvalue weighted by molar-refractivity contribution is 0.0697. The standard InChI is InChI=1S/C26H24FN7O3/c27-17-8-10-18(11-9-17)29-24-30-25(32-26(31-24)34-14-4-1-5-15-34)33-28-16-19-12-13-22(37-19)20-6-2-3-7-21(20)23(35)36/h2-3,6-13,16H,1,4-5,14-15H2,(H,35,36)(H2,29,30,31,32,33)/b28-16-. The number of furan rings is 1. The second kappa shape index (κ2) is 10.9. The lowest BCUT2D eigenvalue weighted by atomic mass is 10.1. The van der Waals surface area contributed by atoms with Crippen molar-refractivity contribution in [1.29, 1.82) is 0 Å². The summed E-state index contributed by atoms with van der Waals surface area (Å²) in [4.78, 5) is 27.0. The first-order chi connectivity index (χ1) is 18.0. The van der Waals surface area contributed by atoms with Crippen LogP contribution in [-0.4, -0.2) is 45.3 Å². The Balaban J connectivity index is 1.35. The Labute approximate surface area is 211 Å². The van der Waals surface area contributed by atoms with Crippen molar-refractivity contribution in [3.63, 3.8) is 0 Å². The fourth-order valence-corrected chi connectivity index (χ4v) is 3.97. The summed E-state index contributed by atoms with van der Waals surface area (Å²) in [5.41, 5.74) is 4.07. The fourth-order valence-electron chi connectivity index (χ4n) is 3.97. The Morgan fingerprint density at radius 3 is 2.51 bits per heavy atom. The predicted octanol–water partition coefficient (Wildman–Crippen LogP) is 5.15. The van der Waals surface area contributed by atoms with Gasteiger partial charge in [-0.3, -0.25) is 0 Å². The molecule has 5 rings (SSSR count). The van der Waals surface area contributed by atoms with E-state index in [-0.39, 0.29) is 17.3 Å². The molecule has 1 saturated heterocycles. The van der Waals surface area contributed by atoms with Crippen LogP contribution in [0.25, 0.3) is 11.3 Å². The number of benzene rings is 2. The van der Waals surface area contributed by atoms with Crippen LogP contribution >= 0.6 is 0 Å². The van der Waals surface area contributed by atoms with E-state index in [4.69, 9.17) is 4.42 Å². The molecule has 4 aromatic rings. The molecule has 1 aliphatic heterocycles. The summed E-state index contributed by atoms with van der Waals surface area (Å²) in [7, 11) is 0. The molecule has 0 spiro atoms. The summed E-state index contributed by atoms with van der Waals surface area (Å²) >= 11 is 0. The molecule has 0 radical (unpaired) electrons. The van der Waals surface area contributed by atoms with E-state index in [1.807, 2.05) is 0 Å². The number of nitrogens with one attached hydrogen (secondary N) is 2. The highest BCUT2D eigenvalue weighted by molar-refractivity contribution is 5.95. The smallest absolute Gasteiger partial charge is 0.336 e. The molecule has 37 heavy (non-hydrogen) atoms. The Kier molecular flexibility index (Phi) is 7.02. The van der Waals surface area contributed by atoms with Crippen LogP contribution < -0.4 is 15.6 Å². The van der Waals surface area contributed by atoms with E-state index >= 15 is 0 Å². The normalized spacial score (nSPS) is 13.6. The average Bonchev–Trinajstić information content (AvgIpc) is 3.39. The molecule has 1 aliphatic rings. The lowest BCUT2D eigenvalue weighted by Gasteiger charge is -2.26. The molecule has 0 atom stereocenters. The molecule has 2 aromatic carbocycles. The molecule has 10 nitrogen and oxygen atoms in total. The van der Waals surface area contributed by atoms with Crippen LogP contribution in [0, 0.1) is 5.82 Å². The van der Waals surface area contributed by atoms with Gasteiger partial charge in [0.1, 0.15) is 17.3 Å². The number of carboxylic acids is 1. The highest BCUT2D eigenvalue weighted by Crippen LogP contribution is 2.26. The SMILES string of the molecule is O=C(O)c1ccccc1-c1ccc(/C=N\Nc2nc(Nc3ccc(F)cc3)nc(N3CCCCC3)n2)o1. The predicted molar refractivity (Wildman–Crippen MR) is 138 cm³/mol. The largest absolute Gasteiger partial charge is 0.478 e. The average molecular weight is 502 g/mol. The fraction of sp³-hybridized carbons (Fsp3) is 0.192. The number of aromatic nitrogens is 3. The number of carbonyl (C=O) groups is 1. The maximum atomic E-state index is 13.3. The minimum Gasteiger partial charge on any atom is -0.478 e. The number of piperidine rings is 1. The van der Waals surface area contributed by atoms with Gasteiger partial charge in [0.25, 0.3) is 0 Å². The van der Waals surface area contributed by atoms with E-state index in [1.165, 1.54) is 30.8 Å². The van der Waals surface area contributed by atoms with Crippen LogP contribution in [-0.2, 0) is 0 Å². The molecule has 0 aliphatic carbocycles. The van der Waals surface area contributed by atoms with Crippen molar-refractivity contribution >= 4 is 35.7 Å². The summed E-state index contributed by atoms with van der Waals surface area (Å²) < 4.78 is 19.1. The van der Waals surface area contributed by atoms with Crippen molar-refractivity contribution in [3.8, 4) is 11.3 Å². The van der Waals surface area contributed by atoms with Crippen LogP contribution in [0.4, 0.5) is 27.9 Å². The third-order valence-electron chi connectivity index (χ3n) is 5.77. The van der Waals surface area contributed by atoms with Crippen molar-refractivity contribution in [1.82, 2.24) is 15.0 Å². The van der Waals surface area contributed by atoms with E-state index in [9.17, 15) is 14.3 Å². The number of nitrogens with zero attached hydrogens (tertiary/aromatic N) is 5. The van der Waals surface area contributed by atoms with Crippen molar-refractivity contribution in [2.24, 2.45) is 5.10 Å². The monoisotopic (exact) mass is 501 g/mol. The minimum absolute atomic E-state index is 0.148. The second-order valence-electron chi connectivity index (χ2n) is 8.38. The quantitative estimate of drug-likeness (QED) is 0.222. The lowest BCUT2D eigenvalue weighted by Crippen LogP contribution is -2.31. The molecule has 0 bridgehead atoms. The van der Waals surface area contributed by atoms with E-state index in [1.54, 1.807) is 42.5 Å². The van der Waals surface area contributed by atoms with Gasteiger partial charge in [-0.2, -0.15) is 20.1 Å². The van der Waals surface area contributed by atoms with Crippen LogP contribution in [0.5, 0.6) is 0 Å². The van der Waals surface area contributed by atoms with Gasteiger partial charge in [0.05, 0.1) is 11.8 Å². The van der Waals surface area contributed by atoms with Crippen LogP contribution in [0.15, 0.2) is 70.2 Å². The Morgan fingerprint density at radius 1 is 0.973 bits per heavy atom. The summed E-state index contributed by atoms with van der Waals surface area (Å²) in [6.07, 6.45) is 4.72. The molecule has 3 heterocycles. The van der Waals surface area contributed by atoms with Gasteiger partial charge in [-0.1, -0.05) is 18.2 Å². The number of hydrazone groups is 1. The van der Waals surface area contributed by atoms with Gasteiger partial charge in [-0.15, -0.1) is 0 Å². The highest BCUT2D eigenvalue weighted by Gasteiger charge is 2.17. The van der Waals surface area contributed by atoms with E-state index in [0.717, 1.165) is 25.9 Å². The highest BCUT2D eigenvalue weighted by atomic mass is 19.1.